The molecule has 1 heterocycles. The summed E-state index contributed by atoms with van der Waals surface area (Å²) in [6.45, 7) is 0. The Hall–Kier alpha value is -2.03. The van der Waals surface area contributed by atoms with E-state index in [-0.39, 0.29) is 27.4 Å². The normalized spacial score (nSPS) is 15.1. The average Bonchev–Trinajstić information content (AvgIpc) is 2.58. The molecule has 17 heavy (non-hydrogen) atoms. The fourth-order valence-electron chi connectivity index (χ4n) is 1.26. The smallest absolute Gasteiger partial charge is 0.295 e. The number of hydrogen-bond acceptors (Lipinski definition) is 7. The van der Waals surface area contributed by atoms with Crippen LogP contribution in [-0.2, 0) is 4.94 Å². The van der Waals surface area contributed by atoms with Crippen LogP contribution in [0.2, 0.25) is 5.02 Å². The highest BCUT2D eigenvalue weighted by Gasteiger charge is 2.26. The van der Waals surface area contributed by atoms with E-state index in [9.17, 15) is 10.1 Å². The molecular weight excluding hydrogens is 252 g/mol. The van der Waals surface area contributed by atoms with Gasteiger partial charge in [0, 0.05) is 11.1 Å². The molecule has 0 bridgehead atoms. The second-order valence-corrected chi connectivity index (χ2v) is 3.56. The molecule has 0 fully saturated rings. The van der Waals surface area contributed by atoms with Crippen molar-refractivity contribution in [2.45, 2.75) is 0 Å². The van der Waals surface area contributed by atoms with Crippen molar-refractivity contribution in [3.63, 3.8) is 0 Å². The van der Waals surface area contributed by atoms with Crippen molar-refractivity contribution in [3.05, 3.63) is 45.4 Å². The maximum Gasteiger partial charge on any atom is 0.295 e. The van der Waals surface area contributed by atoms with E-state index in [4.69, 9.17) is 27.5 Å². The molecule has 90 valence electrons. The first-order valence-corrected chi connectivity index (χ1v) is 4.74. The predicted molar refractivity (Wildman–Crippen MR) is 57.6 cm³/mol. The third kappa shape index (κ3) is 2.09. The number of rotatable bonds is 2. The summed E-state index contributed by atoms with van der Waals surface area (Å²) in [4.78, 5) is 15.0. The van der Waals surface area contributed by atoms with Gasteiger partial charge in [-0.15, -0.1) is 4.94 Å². The van der Waals surface area contributed by atoms with E-state index in [1.807, 2.05) is 0 Å². The summed E-state index contributed by atoms with van der Waals surface area (Å²) in [5, 5.41) is 21.4. The van der Waals surface area contributed by atoms with Crippen LogP contribution in [0.25, 0.3) is 0 Å². The second kappa shape index (κ2) is 4.09. The number of anilines is 1. The molecule has 9 heteroatoms. The third-order valence-electron chi connectivity index (χ3n) is 2.01. The summed E-state index contributed by atoms with van der Waals surface area (Å²) >= 11 is 5.74. The lowest BCUT2D eigenvalue weighted by Gasteiger charge is -2.15. The van der Waals surface area contributed by atoms with Crippen LogP contribution in [0.15, 0.2) is 30.2 Å². The Labute approximate surface area is 100 Å². The zero-order chi connectivity index (χ0) is 12.6. The van der Waals surface area contributed by atoms with E-state index in [2.05, 4.69) is 0 Å². The molecule has 1 aromatic rings. The summed E-state index contributed by atoms with van der Waals surface area (Å²) < 4.78 is 0. The molecule has 8 nitrogen and oxygen atoms in total. The minimum atomic E-state index is -0.598. The number of nitrogens with two attached hydrogens (primary N) is 1. The summed E-state index contributed by atoms with van der Waals surface area (Å²) in [6, 6.07) is 3.93. The van der Waals surface area contributed by atoms with Crippen LogP contribution in [0.5, 0.6) is 0 Å². The lowest BCUT2D eigenvalue weighted by Crippen LogP contribution is -2.23. The fourth-order valence-corrected chi connectivity index (χ4v) is 1.43. The number of hydrogen-bond donors (Lipinski definition) is 2. The van der Waals surface area contributed by atoms with Crippen LogP contribution >= 0.6 is 11.6 Å². The molecule has 0 saturated carbocycles. The van der Waals surface area contributed by atoms with Crippen molar-refractivity contribution in [2.24, 2.45) is 5.73 Å². The van der Waals surface area contributed by atoms with Gasteiger partial charge >= 0.3 is 0 Å². The summed E-state index contributed by atoms with van der Waals surface area (Å²) in [5.74, 6) is -0.112. The number of hydroxylamine groups is 3. The maximum absolute atomic E-state index is 10.8. The van der Waals surface area contributed by atoms with Crippen LogP contribution in [0.3, 0.4) is 0 Å². The molecule has 1 aliphatic rings. The van der Waals surface area contributed by atoms with Crippen LogP contribution in [0, 0.1) is 10.1 Å². The molecule has 0 atom stereocenters. The summed E-state index contributed by atoms with van der Waals surface area (Å²) in [6.07, 6.45) is 1.18. The first-order chi connectivity index (χ1) is 7.99. The van der Waals surface area contributed by atoms with Crippen molar-refractivity contribution in [2.75, 3.05) is 5.06 Å². The van der Waals surface area contributed by atoms with Crippen LogP contribution < -0.4 is 10.8 Å². The van der Waals surface area contributed by atoms with E-state index in [1.165, 1.54) is 24.4 Å². The van der Waals surface area contributed by atoms with E-state index >= 15 is 0 Å². The molecule has 3 N–H and O–H groups in total. The topological polar surface area (TPSA) is 105 Å². The number of nitrogens with zero attached hydrogens (tertiary/aromatic N) is 3. The van der Waals surface area contributed by atoms with Gasteiger partial charge in [0.1, 0.15) is 0 Å². The van der Waals surface area contributed by atoms with Gasteiger partial charge in [0.25, 0.3) is 5.69 Å². The monoisotopic (exact) mass is 258 g/mol. The molecule has 1 aliphatic heterocycles. The van der Waals surface area contributed by atoms with Gasteiger partial charge in [-0.3, -0.25) is 15.3 Å². The molecule has 2 rings (SSSR count). The Morgan fingerprint density at radius 3 is 2.76 bits per heavy atom. The molecule has 0 aliphatic carbocycles. The average molecular weight is 259 g/mol. The molecular formula is C8H7ClN4O4. The fraction of sp³-hybridized carbons (Fsp3) is 0. The van der Waals surface area contributed by atoms with Gasteiger partial charge in [-0.2, -0.15) is 5.06 Å². The highest BCUT2D eigenvalue weighted by Crippen LogP contribution is 2.33. The summed E-state index contributed by atoms with van der Waals surface area (Å²) in [7, 11) is 0. The van der Waals surface area contributed by atoms with Crippen LogP contribution in [-0.4, -0.2) is 15.4 Å². The van der Waals surface area contributed by atoms with Crippen molar-refractivity contribution in [1.29, 1.82) is 0 Å². The molecule has 0 amide bonds. The second-order valence-electron chi connectivity index (χ2n) is 3.12. The van der Waals surface area contributed by atoms with Crippen molar-refractivity contribution in [1.82, 2.24) is 5.23 Å². The Kier molecular flexibility index (Phi) is 2.76. The van der Waals surface area contributed by atoms with E-state index in [1.54, 1.807) is 0 Å². The quantitative estimate of drug-likeness (QED) is 0.609. The highest BCUT2D eigenvalue weighted by molar-refractivity contribution is 6.31. The lowest BCUT2D eigenvalue weighted by molar-refractivity contribution is -0.385. The molecule has 0 unspecified atom stereocenters. The number of halogens is 1. The Balaban J connectivity index is 2.45. The van der Waals surface area contributed by atoms with Gasteiger partial charge in [-0.25, -0.2) is 0 Å². The van der Waals surface area contributed by atoms with Crippen LogP contribution in [0.4, 0.5) is 11.4 Å². The zero-order valence-electron chi connectivity index (χ0n) is 8.28. The van der Waals surface area contributed by atoms with Gasteiger partial charge in [-0.05, 0) is 12.1 Å². The number of benzene rings is 1. The predicted octanol–water partition coefficient (Wildman–Crippen LogP) is 1.36. The standard InChI is InChI=1S/C8H7ClN4O4/c9-5-1-2-6(12(14)15)7(3-5)11-4-8(10)13(16)17-11/h1-4,16H,10H2. The molecule has 1 aromatic carbocycles. The Bertz CT molecular complexity index is 506. The number of nitro benzene ring substituents is 1. The van der Waals surface area contributed by atoms with Crippen LogP contribution in [0.1, 0.15) is 0 Å². The largest absolute Gasteiger partial charge is 0.380 e. The minimum Gasteiger partial charge on any atom is -0.380 e. The Morgan fingerprint density at radius 2 is 2.24 bits per heavy atom. The van der Waals surface area contributed by atoms with E-state index in [0.717, 1.165) is 5.06 Å². The Morgan fingerprint density at radius 1 is 1.53 bits per heavy atom. The van der Waals surface area contributed by atoms with Gasteiger partial charge in [0.15, 0.2) is 11.5 Å². The minimum absolute atomic E-state index is 0.0574. The van der Waals surface area contributed by atoms with Crippen molar-refractivity contribution in [3.8, 4) is 0 Å². The van der Waals surface area contributed by atoms with Crippen molar-refractivity contribution >= 4 is 23.0 Å². The van der Waals surface area contributed by atoms with Gasteiger partial charge in [0.2, 0.25) is 0 Å². The van der Waals surface area contributed by atoms with E-state index < -0.39 is 4.92 Å². The molecule has 0 spiro atoms. The molecule has 0 aromatic heterocycles. The SMILES string of the molecule is NC1=CN(c2cc(Cl)ccc2[N+](=O)[O-])ON1O. The molecule has 0 radical (unpaired) electrons. The van der Waals surface area contributed by atoms with Gasteiger partial charge in [0.05, 0.1) is 11.1 Å². The highest BCUT2D eigenvalue weighted by atomic mass is 35.5. The van der Waals surface area contributed by atoms with Gasteiger partial charge < -0.3 is 5.73 Å². The van der Waals surface area contributed by atoms with E-state index in [0.29, 0.717) is 0 Å². The maximum atomic E-state index is 10.8. The first kappa shape index (κ1) is 11.5. The lowest BCUT2D eigenvalue weighted by atomic mass is 10.2. The zero-order valence-corrected chi connectivity index (χ0v) is 9.03. The number of nitro groups is 1. The first-order valence-electron chi connectivity index (χ1n) is 4.36. The van der Waals surface area contributed by atoms with Gasteiger partial charge in [-0.1, -0.05) is 16.8 Å². The summed E-state index contributed by atoms with van der Waals surface area (Å²) in [5.41, 5.74) is 5.17. The van der Waals surface area contributed by atoms with Crippen molar-refractivity contribution < 1.29 is 15.1 Å². The molecule has 0 saturated heterocycles. The third-order valence-corrected chi connectivity index (χ3v) is 2.24.